The van der Waals surface area contributed by atoms with E-state index in [2.05, 4.69) is 65.1 Å². The molecule has 1 aromatic carbocycles. The van der Waals surface area contributed by atoms with Gasteiger partial charge in [0.15, 0.2) is 0 Å². The maximum absolute atomic E-state index is 4.03. The SMILES string of the molecule is CC(NCCn1ccnc1)c1ccc(N(C)C)cc1. The highest BCUT2D eigenvalue weighted by atomic mass is 15.1. The number of anilines is 1. The molecule has 0 saturated carbocycles. The van der Waals surface area contributed by atoms with Crippen molar-refractivity contribution in [3.8, 4) is 0 Å². The summed E-state index contributed by atoms with van der Waals surface area (Å²) in [7, 11) is 4.11. The molecule has 0 aliphatic carbocycles. The van der Waals surface area contributed by atoms with E-state index in [1.807, 2.05) is 18.7 Å². The van der Waals surface area contributed by atoms with Crippen LogP contribution in [0, 0.1) is 0 Å². The minimum absolute atomic E-state index is 0.361. The minimum atomic E-state index is 0.361. The lowest BCUT2D eigenvalue weighted by Crippen LogP contribution is -2.23. The van der Waals surface area contributed by atoms with E-state index in [1.54, 1.807) is 0 Å². The first-order valence-corrected chi connectivity index (χ1v) is 6.63. The fraction of sp³-hybridized carbons (Fsp3) is 0.400. The van der Waals surface area contributed by atoms with E-state index in [0.29, 0.717) is 6.04 Å². The third-order valence-corrected chi connectivity index (χ3v) is 3.29. The van der Waals surface area contributed by atoms with Gasteiger partial charge in [0.2, 0.25) is 0 Å². The van der Waals surface area contributed by atoms with Crippen LogP contribution in [0.4, 0.5) is 5.69 Å². The molecule has 0 bridgehead atoms. The molecule has 0 amide bonds. The van der Waals surface area contributed by atoms with Crippen molar-refractivity contribution in [2.75, 3.05) is 25.5 Å². The fourth-order valence-corrected chi connectivity index (χ4v) is 2.01. The monoisotopic (exact) mass is 258 g/mol. The average molecular weight is 258 g/mol. The van der Waals surface area contributed by atoms with Crippen LogP contribution < -0.4 is 10.2 Å². The molecule has 0 spiro atoms. The number of hydrogen-bond donors (Lipinski definition) is 1. The van der Waals surface area contributed by atoms with Gasteiger partial charge in [-0.1, -0.05) is 12.1 Å². The average Bonchev–Trinajstić information content (AvgIpc) is 2.92. The number of imidazole rings is 1. The molecule has 0 aliphatic rings. The highest BCUT2D eigenvalue weighted by Crippen LogP contribution is 2.17. The summed E-state index contributed by atoms with van der Waals surface area (Å²) >= 11 is 0. The first-order chi connectivity index (χ1) is 9.16. The molecule has 0 fully saturated rings. The van der Waals surface area contributed by atoms with Gasteiger partial charge in [-0.15, -0.1) is 0 Å². The zero-order valence-corrected chi connectivity index (χ0v) is 11.9. The quantitative estimate of drug-likeness (QED) is 0.863. The van der Waals surface area contributed by atoms with E-state index in [9.17, 15) is 0 Å². The second-order valence-corrected chi connectivity index (χ2v) is 4.96. The van der Waals surface area contributed by atoms with Crippen LogP contribution in [0.15, 0.2) is 43.0 Å². The predicted octanol–water partition coefficient (Wildman–Crippen LogP) is 2.30. The van der Waals surface area contributed by atoms with Crippen molar-refractivity contribution in [1.82, 2.24) is 14.9 Å². The Bertz CT molecular complexity index is 473. The van der Waals surface area contributed by atoms with Crippen LogP contribution in [0.3, 0.4) is 0 Å². The van der Waals surface area contributed by atoms with E-state index in [0.717, 1.165) is 13.1 Å². The molecule has 2 aromatic rings. The Hall–Kier alpha value is -1.81. The first-order valence-electron chi connectivity index (χ1n) is 6.63. The maximum Gasteiger partial charge on any atom is 0.0946 e. The van der Waals surface area contributed by atoms with Crippen LogP contribution in [0.5, 0.6) is 0 Å². The predicted molar refractivity (Wildman–Crippen MR) is 79.4 cm³/mol. The van der Waals surface area contributed by atoms with Gasteiger partial charge in [0.25, 0.3) is 0 Å². The van der Waals surface area contributed by atoms with Gasteiger partial charge in [-0.2, -0.15) is 0 Å². The summed E-state index contributed by atoms with van der Waals surface area (Å²) in [6, 6.07) is 9.04. The van der Waals surface area contributed by atoms with Gasteiger partial charge in [-0.05, 0) is 24.6 Å². The lowest BCUT2D eigenvalue weighted by atomic mass is 10.1. The zero-order chi connectivity index (χ0) is 13.7. The van der Waals surface area contributed by atoms with Crippen molar-refractivity contribution in [2.45, 2.75) is 19.5 Å². The summed E-state index contributed by atoms with van der Waals surface area (Å²) in [5.41, 5.74) is 2.55. The largest absolute Gasteiger partial charge is 0.378 e. The number of aromatic nitrogens is 2. The molecule has 1 aromatic heterocycles. The molecule has 1 unspecified atom stereocenters. The van der Waals surface area contributed by atoms with Gasteiger partial charge < -0.3 is 14.8 Å². The molecule has 1 atom stereocenters. The normalized spacial score (nSPS) is 12.4. The van der Waals surface area contributed by atoms with Crippen LogP contribution >= 0.6 is 0 Å². The Morgan fingerprint density at radius 3 is 2.58 bits per heavy atom. The Morgan fingerprint density at radius 2 is 2.00 bits per heavy atom. The van der Waals surface area contributed by atoms with Crippen LogP contribution in [0.2, 0.25) is 0 Å². The molecule has 1 heterocycles. The molecule has 0 saturated heterocycles. The first kappa shape index (κ1) is 13.6. The Kier molecular flexibility index (Phi) is 4.58. The molecular formula is C15H22N4. The standard InChI is InChI=1S/C15H22N4/c1-13(17-9-11-19-10-8-16-12-19)14-4-6-15(7-5-14)18(2)3/h4-8,10,12-13,17H,9,11H2,1-3H3. The summed E-state index contributed by atoms with van der Waals surface area (Å²) in [5, 5.41) is 3.52. The highest BCUT2D eigenvalue weighted by Gasteiger charge is 2.04. The minimum Gasteiger partial charge on any atom is -0.378 e. The molecule has 2 rings (SSSR count). The van der Waals surface area contributed by atoms with Crippen LogP contribution in [0.25, 0.3) is 0 Å². The summed E-state index contributed by atoms with van der Waals surface area (Å²) in [6.07, 6.45) is 5.64. The van der Waals surface area contributed by atoms with Crippen molar-refractivity contribution in [3.63, 3.8) is 0 Å². The Labute approximate surface area is 115 Å². The molecule has 0 aliphatic heterocycles. The second kappa shape index (κ2) is 6.38. The summed E-state index contributed by atoms with van der Waals surface area (Å²) < 4.78 is 2.08. The number of hydrogen-bond acceptors (Lipinski definition) is 3. The molecule has 0 radical (unpaired) electrons. The van der Waals surface area contributed by atoms with E-state index < -0.39 is 0 Å². The molecule has 4 heteroatoms. The molecular weight excluding hydrogens is 236 g/mol. The molecule has 102 valence electrons. The number of benzene rings is 1. The van der Waals surface area contributed by atoms with Gasteiger partial charge in [-0.25, -0.2) is 4.98 Å². The summed E-state index contributed by atoms with van der Waals surface area (Å²) in [5.74, 6) is 0. The van der Waals surface area contributed by atoms with Crippen molar-refractivity contribution in [3.05, 3.63) is 48.5 Å². The van der Waals surface area contributed by atoms with Crippen molar-refractivity contribution < 1.29 is 0 Å². The lowest BCUT2D eigenvalue weighted by molar-refractivity contribution is 0.531. The van der Waals surface area contributed by atoms with Crippen molar-refractivity contribution in [2.24, 2.45) is 0 Å². The summed E-state index contributed by atoms with van der Waals surface area (Å²) in [4.78, 5) is 6.15. The van der Waals surface area contributed by atoms with E-state index in [4.69, 9.17) is 0 Å². The number of rotatable bonds is 6. The van der Waals surface area contributed by atoms with Crippen LogP contribution in [0.1, 0.15) is 18.5 Å². The third kappa shape index (κ3) is 3.83. The maximum atomic E-state index is 4.03. The van der Waals surface area contributed by atoms with E-state index >= 15 is 0 Å². The Balaban J connectivity index is 1.83. The molecule has 1 N–H and O–H groups in total. The lowest BCUT2D eigenvalue weighted by Gasteiger charge is -2.17. The van der Waals surface area contributed by atoms with Gasteiger partial charge in [-0.3, -0.25) is 0 Å². The molecule has 19 heavy (non-hydrogen) atoms. The number of nitrogens with zero attached hydrogens (tertiary/aromatic N) is 3. The van der Waals surface area contributed by atoms with Crippen LogP contribution in [-0.2, 0) is 6.54 Å². The van der Waals surface area contributed by atoms with E-state index in [1.165, 1.54) is 11.3 Å². The van der Waals surface area contributed by atoms with Crippen molar-refractivity contribution in [1.29, 1.82) is 0 Å². The fourth-order valence-electron chi connectivity index (χ4n) is 2.01. The van der Waals surface area contributed by atoms with E-state index in [-0.39, 0.29) is 0 Å². The van der Waals surface area contributed by atoms with Crippen LogP contribution in [-0.4, -0.2) is 30.2 Å². The number of nitrogens with one attached hydrogen (secondary N) is 1. The van der Waals surface area contributed by atoms with Gasteiger partial charge in [0.1, 0.15) is 0 Å². The second-order valence-electron chi connectivity index (χ2n) is 4.96. The molecule has 4 nitrogen and oxygen atoms in total. The summed E-state index contributed by atoms with van der Waals surface area (Å²) in [6.45, 7) is 4.08. The van der Waals surface area contributed by atoms with Crippen molar-refractivity contribution >= 4 is 5.69 Å². The zero-order valence-electron chi connectivity index (χ0n) is 11.9. The Morgan fingerprint density at radius 1 is 1.26 bits per heavy atom. The third-order valence-electron chi connectivity index (χ3n) is 3.29. The smallest absolute Gasteiger partial charge is 0.0946 e. The topological polar surface area (TPSA) is 33.1 Å². The van der Waals surface area contributed by atoms with Gasteiger partial charge in [0.05, 0.1) is 6.33 Å². The highest BCUT2D eigenvalue weighted by molar-refractivity contribution is 5.46. The van der Waals surface area contributed by atoms with Gasteiger partial charge in [0, 0.05) is 51.3 Å². The van der Waals surface area contributed by atoms with Gasteiger partial charge >= 0.3 is 0 Å².